The van der Waals surface area contributed by atoms with E-state index in [1.54, 1.807) is 0 Å². The fourth-order valence-electron chi connectivity index (χ4n) is 3.41. The number of carbonyl (C=O) groups excluding carboxylic acids is 1. The highest BCUT2D eigenvalue weighted by Gasteiger charge is 2.35. The monoisotopic (exact) mass is 254 g/mol. The molecule has 2 rings (SSSR count). The molecule has 1 N–H and O–H groups in total. The smallest absolute Gasteiger partial charge is 0.225 e. The van der Waals surface area contributed by atoms with Crippen LogP contribution in [-0.2, 0) is 4.79 Å². The van der Waals surface area contributed by atoms with Crippen LogP contribution in [0.3, 0.4) is 0 Å². The van der Waals surface area contributed by atoms with Gasteiger partial charge in [0.1, 0.15) is 0 Å². The van der Waals surface area contributed by atoms with Crippen LogP contribution in [0, 0.1) is 11.8 Å². The first-order valence-corrected chi connectivity index (χ1v) is 7.19. The van der Waals surface area contributed by atoms with E-state index in [0.29, 0.717) is 17.9 Å². The van der Waals surface area contributed by atoms with Crippen LogP contribution >= 0.6 is 0 Å². The molecule has 4 nitrogen and oxygen atoms in total. The van der Waals surface area contributed by atoms with Gasteiger partial charge in [0.2, 0.25) is 5.91 Å². The molecule has 0 aromatic rings. The lowest BCUT2D eigenvalue weighted by Crippen LogP contribution is -2.54. The van der Waals surface area contributed by atoms with E-state index >= 15 is 0 Å². The van der Waals surface area contributed by atoms with Crippen molar-refractivity contribution in [1.29, 1.82) is 0 Å². The zero-order valence-electron chi connectivity index (χ0n) is 11.6. The molecule has 1 aliphatic heterocycles. The SMILES string of the molecule is CN(C)[C@@H]1CN(C(=O)C2CCCC2)CC[C@@H]1CO. The molecule has 2 aliphatic rings. The van der Waals surface area contributed by atoms with Gasteiger partial charge in [-0.2, -0.15) is 0 Å². The molecular weight excluding hydrogens is 228 g/mol. The van der Waals surface area contributed by atoms with Crippen LogP contribution < -0.4 is 0 Å². The molecule has 0 aromatic carbocycles. The third-order valence-electron chi connectivity index (χ3n) is 4.64. The molecule has 1 heterocycles. The largest absolute Gasteiger partial charge is 0.396 e. The van der Waals surface area contributed by atoms with Crippen molar-refractivity contribution in [1.82, 2.24) is 9.80 Å². The third-order valence-corrected chi connectivity index (χ3v) is 4.64. The Morgan fingerprint density at radius 3 is 2.50 bits per heavy atom. The van der Waals surface area contributed by atoms with Crippen molar-refractivity contribution in [2.24, 2.45) is 11.8 Å². The van der Waals surface area contributed by atoms with Gasteiger partial charge in [-0.05, 0) is 33.4 Å². The normalized spacial score (nSPS) is 30.1. The summed E-state index contributed by atoms with van der Waals surface area (Å²) in [6.07, 6.45) is 5.50. The van der Waals surface area contributed by atoms with Gasteiger partial charge in [0.25, 0.3) is 0 Å². The lowest BCUT2D eigenvalue weighted by molar-refractivity contribution is -0.138. The number of carbonyl (C=O) groups is 1. The maximum absolute atomic E-state index is 12.4. The van der Waals surface area contributed by atoms with Crippen molar-refractivity contribution < 1.29 is 9.90 Å². The van der Waals surface area contributed by atoms with Crippen LogP contribution in [0.4, 0.5) is 0 Å². The summed E-state index contributed by atoms with van der Waals surface area (Å²) in [7, 11) is 4.08. The summed E-state index contributed by atoms with van der Waals surface area (Å²) in [5.41, 5.74) is 0. The second-order valence-electron chi connectivity index (χ2n) is 6.03. The Bertz CT molecular complexity index is 288. The molecule has 0 bridgehead atoms. The molecule has 0 spiro atoms. The Kier molecular flexibility index (Phi) is 4.62. The highest BCUT2D eigenvalue weighted by Crippen LogP contribution is 2.29. The number of rotatable bonds is 3. The van der Waals surface area contributed by atoms with Crippen LogP contribution in [0.2, 0.25) is 0 Å². The molecule has 18 heavy (non-hydrogen) atoms. The Balaban J connectivity index is 1.96. The lowest BCUT2D eigenvalue weighted by atomic mass is 9.90. The van der Waals surface area contributed by atoms with E-state index < -0.39 is 0 Å². The second-order valence-corrected chi connectivity index (χ2v) is 6.03. The minimum atomic E-state index is 0.230. The van der Waals surface area contributed by atoms with E-state index in [0.717, 1.165) is 32.4 Å². The van der Waals surface area contributed by atoms with Crippen LogP contribution in [-0.4, -0.2) is 60.6 Å². The fourth-order valence-corrected chi connectivity index (χ4v) is 3.41. The Labute approximate surface area is 110 Å². The average Bonchev–Trinajstić information content (AvgIpc) is 2.90. The molecule has 1 saturated heterocycles. The summed E-state index contributed by atoms with van der Waals surface area (Å²) in [6, 6.07) is 0.300. The molecule has 4 heteroatoms. The molecule has 2 atom stereocenters. The number of hydrogen-bond acceptors (Lipinski definition) is 3. The van der Waals surface area contributed by atoms with Gasteiger partial charge in [-0.25, -0.2) is 0 Å². The predicted octanol–water partition coefficient (Wildman–Crippen LogP) is 0.948. The first kappa shape index (κ1) is 13.8. The van der Waals surface area contributed by atoms with Gasteiger partial charge in [-0.1, -0.05) is 12.8 Å². The first-order valence-electron chi connectivity index (χ1n) is 7.19. The number of likely N-dealkylation sites (tertiary alicyclic amines) is 1. The Morgan fingerprint density at radius 2 is 1.94 bits per heavy atom. The van der Waals surface area contributed by atoms with E-state index in [1.165, 1.54) is 12.8 Å². The Hall–Kier alpha value is -0.610. The summed E-state index contributed by atoms with van der Waals surface area (Å²) >= 11 is 0. The highest BCUT2D eigenvalue weighted by atomic mass is 16.3. The first-order chi connectivity index (χ1) is 8.63. The summed E-state index contributed by atoms with van der Waals surface area (Å²) < 4.78 is 0. The van der Waals surface area contributed by atoms with Crippen LogP contribution in [0.5, 0.6) is 0 Å². The van der Waals surface area contributed by atoms with Gasteiger partial charge < -0.3 is 14.9 Å². The summed E-state index contributed by atoms with van der Waals surface area (Å²) in [5, 5.41) is 9.42. The molecule has 1 saturated carbocycles. The molecular formula is C14H26N2O2. The van der Waals surface area contributed by atoms with Gasteiger partial charge in [0, 0.05) is 37.6 Å². The zero-order valence-corrected chi connectivity index (χ0v) is 11.6. The Morgan fingerprint density at radius 1 is 1.28 bits per heavy atom. The van der Waals surface area contributed by atoms with E-state index in [-0.39, 0.29) is 12.5 Å². The molecule has 0 unspecified atom stereocenters. The standard InChI is InChI=1S/C14H26N2O2/c1-15(2)13-9-16(8-7-12(13)10-17)14(18)11-5-3-4-6-11/h11-13,17H,3-10H2,1-2H3/t12-,13-/m1/s1. The molecule has 1 aliphatic carbocycles. The van der Waals surface area contributed by atoms with Gasteiger partial charge in [0.15, 0.2) is 0 Å². The minimum Gasteiger partial charge on any atom is -0.396 e. The van der Waals surface area contributed by atoms with Gasteiger partial charge in [-0.15, -0.1) is 0 Å². The summed E-state index contributed by atoms with van der Waals surface area (Å²) in [6.45, 7) is 1.84. The number of aliphatic hydroxyl groups excluding tert-OH is 1. The van der Waals surface area contributed by atoms with Crippen molar-refractivity contribution in [3.8, 4) is 0 Å². The van der Waals surface area contributed by atoms with Crippen molar-refractivity contribution in [3.05, 3.63) is 0 Å². The zero-order chi connectivity index (χ0) is 13.1. The second kappa shape index (κ2) is 6.02. The fraction of sp³-hybridized carbons (Fsp3) is 0.929. The van der Waals surface area contributed by atoms with Gasteiger partial charge in [0.05, 0.1) is 0 Å². The van der Waals surface area contributed by atoms with Crippen molar-refractivity contribution >= 4 is 5.91 Å². The third kappa shape index (κ3) is 2.86. The number of amides is 1. The lowest BCUT2D eigenvalue weighted by Gasteiger charge is -2.41. The summed E-state index contributed by atoms with van der Waals surface area (Å²) in [4.78, 5) is 16.6. The van der Waals surface area contributed by atoms with Crippen molar-refractivity contribution in [2.45, 2.75) is 38.1 Å². The van der Waals surface area contributed by atoms with Crippen LogP contribution in [0.1, 0.15) is 32.1 Å². The molecule has 0 aromatic heterocycles. The molecule has 2 fully saturated rings. The number of aliphatic hydroxyl groups is 1. The molecule has 0 radical (unpaired) electrons. The summed E-state index contributed by atoms with van der Waals surface area (Å²) in [5.74, 6) is 0.946. The predicted molar refractivity (Wildman–Crippen MR) is 71.2 cm³/mol. The van der Waals surface area contributed by atoms with Crippen molar-refractivity contribution in [3.63, 3.8) is 0 Å². The number of hydrogen-bond donors (Lipinski definition) is 1. The molecule has 1 amide bonds. The van der Waals surface area contributed by atoms with Crippen molar-refractivity contribution in [2.75, 3.05) is 33.8 Å². The topological polar surface area (TPSA) is 43.8 Å². The van der Waals surface area contributed by atoms with E-state index in [1.807, 2.05) is 19.0 Å². The van der Waals surface area contributed by atoms with Gasteiger partial charge >= 0.3 is 0 Å². The van der Waals surface area contributed by atoms with E-state index in [9.17, 15) is 9.90 Å². The average molecular weight is 254 g/mol. The van der Waals surface area contributed by atoms with Crippen LogP contribution in [0.25, 0.3) is 0 Å². The van der Waals surface area contributed by atoms with E-state index in [2.05, 4.69) is 4.90 Å². The number of piperidine rings is 1. The van der Waals surface area contributed by atoms with Gasteiger partial charge in [-0.3, -0.25) is 4.79 Å². The minimum absolute atomic E-state index is 0.230. The maximum atomic E-state index is 12.4. The quantitative estimate of drug-likeness (QED) is 0.815. The number of likely N-dealkylation sites (N-methyl/N-ethyl adjacent to an activating group) is 1. The molecule has 104 valence electrons. The maximum Gasteiger partial charge on any atom is 0.225 e. The number of nitrogens with zero attached hydrogens (tertiary/aromatic N) is 2. The highest BCUT2D eigenvalue weighted by molar-refractivity contribution is 5.79. The van der Waals surface area contributed by atoms with Crippen LogP contribution in [0.15, 0.2) is 0 Å². The van der Waals surface area contributed by atoms with E-state index in [4.69, 9.17) is 0 Å².